The van der Waals surface area contributed by atoms with E-state index in [9.17, 15) is 14.4 Å². The number of carbonyl (C=O) groups excluding carboxylic acids is 3. The van der Waals surface area contributed by atoms with E-state index in [4.69, 9.17) is 23.2 Å². The predicted octanol–water partition coefficient (Wildman–Crippen LogP) is 7.70. The molecule has 2 aliphatic rings. The van der Waals surface area contributed by atoms with Crippen molar-refractivity contribution in [1.29, 1.82) is 0 Å². The summed E-state index contributed by atoms with van der Waals surface area (Å²) in [4.78, 5) is 57.3. The van der Waals surface area contributed by atoms with E-state index in [0.29, 0.717) is 28.2 Å². The molecule has 0 unspecified atom stereocenters. The topological polar surface area (TPSA) is 136 Å². The first-order chi connectivity index (χ1) is 23.5. The SMILES string of the molecule is CCC(=O)N1[C@@H](C)CC[C@H]1c1nc(Cl)c(-c2ccc(-c3ccc(-c4[nH]c([C@@H]5CC[C@H](C)N5C(=O)[C@H](C)NC(=O)OC)nc4Cl)cc3)cc2)[nH]1. The highest BCUT2D eigenvalue weighted by atomic mass is 35.5. The monoisotopic (exact) mass is 705 g/mol. The Labute approximate surface area is 295 Å². The highest BCUT2D eigenvalue weighted by molar-refractivity contribution is 6.32. The number of carbonyl (C=O) groups is 3. The smallest absolute Gasteiger partial charge is 0.407 e. The van der Waals surface area contributed by atoms with Gasteiger partial charge in [0.15, 0.2) is 10.3 Å². The number of H-pyrrole nitrogens is 2. The molecule has 2 aliphatic heterocycles. The molecule has 4 heterocycles. The first-order valence-corrected chi connectivity index (χ1v) is 17.5. The largest absolute Gasteiger partial charge is 0.453 e. The third kappa shape index (κ3) is 6.78. The van der Waals surface area contributed by atoms with Gasteiger partial charge in [0, 0.05) is 29.6 Å². The Hall–Kier alpha value is -4.35. The molecule has 2 fully saturated rings. The van der Waals surface area contributed by atoms with Gasteiger partial charge >= 0.3 is 6.09 Å². The van der Waals surface area contributed by atoms with Crippen LogP contribution >= 0.6 is 23.2 Å². The zero-order valence-electron chi connectivity index (χ0n) is 28.2. The van der Waals surface area contributed by atoms with Crippen LogP contribution in [0.15, 0.2) is 48.5 Å². The van der Waals surface area contributed by atoms with Crippen LogP contribution in [0.1, 0.15) is 83.5 Å². The van der Waals surface area contributed by atoms with Gasteiger partial charge in [0.05, 0.1) is 30.6 Å². The van der Waals surface area contributed by atoms with Crippen LogP contribution in [-0.4, -0.2) is 72.9 Å². The number of alkyl carbamates (subject to hydrolysis) is 1. The Balaban J connectivity index is 1.17. The second kappa shape index (κ2) is 14.2. The number of nitrogens with zero attached hydrogens (tertiary/aromatic N) is 4. The zero-order chi connectivity index (χ0) is 35.0. The van der Waals surface area contributed by atoms with E-state index in [-0.39, 0.29) is 36.0 Å². The highest BCUT2D eigenvalue weighted by Crippen LogP contribution is 2.40. The van der Waals surface area contributed by atoms with E-state index < -0.39 is 12.1 Å². The number of nitrogens with one attached hydrogen (secondary N) is 3. The Morgan fingerprint density at radius 1 is 0.796 bits per heavy atom. The summed E-state index contributed by atoms with van der Waals surface area (Å²) in [6.07, 6.45) is 3.10. The third-order valence-electron chi connectivity index (χ3n) is 9.74. The van der Waals surface area contributed by atoms with Gasteiger partial charge in [0.1, 0.15) is 17.7 Å². The lowest BCUT2D eigenvalue weighted by Gasteiger charge is -2.30. The van der Waals surface area contributed by atoms with Crippen molar-refractivity contribution in [2.45, 2.75) is 90.0 Å². The van der Waals surface area contributed by atoms with Crippen molar-refractivity contribution >= 4 is 41.1 Å². The standard InChI is InChI=1S/C36H41Cl2N7O4/c1-6-28(46)44-19(2)7-17-26(44)33-40-29(31(37)42-33)24-13-9-22(10-14-24)23-11-15-25(16-12-23)30-32(38)43-34(41-30)27-18-8-20(3)45(27)35(47)21(4)39-36(48)49-5/h9-16,19-21,26-27H,6-8,17-18H2,1-5H3,(H,39,48)(H,40,42)(H,41,43)/t19-,20-,21-,26-,27-/m0/s1. The van der Waals surface area contributed by atoms with Crippen LogP contribution in [-0.2, 0) is 14.3 Å². The lowest BCUT2D eigenvalue weighted by molar-refractivity contribution is -0.136. The molecule has 3 N–H and O–H groups in total. The van der Waals surface area contributed by atoms with Gasteiger partial charge in [0.25, 0.3) is 0 Å². The van der Waals surface area contributed by atoms with E-state index in [1.807, 2.05) is 67.3 Å². The van der Waals surface area contributed by atoms with Crippen LogP contribution in [0.3, 0.4) is 0 Å². The second-order valence-electron chi connectivity index (χ2n) is 12.9. The number of ether oxygens (including phenoxy) is 1. The Kier molecular flexibility index (Phi) is 10.0. The van der Waals surface area contributed by atoms with E-state index in [1.165, 1.54) is 7.11 Å². The maximum atomic E-state index is 13.3. The third-order valence-corrected chi connectivity index (χ3v) is 10.3. The summed E-state index contributed by atoms with van der Waals surface area (Å²) in [6.45, 7) is 7.59. The van der Waals surface area contributed by atoms with Gasteiger partial charge in [-0.25, -0.2) is 14.8 Å². The Morgan fingerprint density at radius 2 is 1.22 bits per heavy atom. The first kappa shape index (κ1) is 34.5. The fraction of sp³-hybridized carbons (Fsp3) is 0.417. The minimum atomic E-state index is -0.750. The van der Waals surface area contributed by atoms with Crippen LogP contribution in [0.25, 0.3) is 33.6 Å². The van der Waals surface area contributed by atoms with Gasteiger partial charge in [-0.15, -0.1) is 0 Å². The van der Waals surface area contributed by atoms with E-state index in [0.717, 1.165) is 59.5 Å². The number of halogens is 2. The summed E-state index contributed by atoms with van der Waals surface area (Å²) in [7, 11) is 1.26. The fourth-order valence-corrected chi connectivity index (χ4v) is 7.59. The molecular formula is C36H41Cl2N7O4. The van der Waals surface area contributed by atoms with Gasteiger partial charge < -0.3 is 29.8 Å². The number of likely N-dealkylation sites (tertiary alicyclic amines) is 2. The Bertz CT molecular complexity index is 1840. The second-order valence-corrected chi connectivity index (χ2v) is 13.6. The lowest BCUT2D eigenvalue weighted by Crippen LogP contribution is -2.48. The van der Waals surface area contributed by atoms with Crippen molar-refractivity contribution in [3.05, 3.63) is 70.5 Å². The zero-order valence-corrected chi connectivity index (χ0v) is 29.7. The minimum Gasteiger partial charge on any atom is -0.453 e. The summed E-state index contributed by atoms with van der Waals surface area (Å²) < 4.78 is 4.66. The normalized spacial score (nSPS) is 21.2. The van der Waals surface area contributed by atoms with Crippen LogP contribution < -0.4 is 5.32 Å². The number of rotatable bonds is 8. The molecule has 3 amide bonds. The molecule has 5 atom stereocenters. The molecule has 11 nitrogen and oxygen atoms in total. The number of hydrogen-bond donors (Lipinski definition) is 3. The van der Waals surface area contributed by atoms with Crippen molar-refractivity contribution in [1.82, 2.24) is 35.1 Å². The molecule has 2 saturated heterocycles. The maximum absolute atomic E-state index is 13.3. The van der Waals surface area contributed by atoms with E-state index in [2.05, 4.69) is 36.9 Å². The van der Waals surface area contributed by atoms with Gasteiger partial charge in [-0.05, 0) is 57.6 Å². The van der Waals surface area contributed by atoms with Gasteiger partial charge in [-0.3, -0.25) is 9.59 Å². The molecule has 0 aliphatic carbocycles. The summed E-state index contributed by atoms with van der Waals surface area (Å²) >= 11 is 13.2. The average Bonchev–Trinajstić information content (AvgIpc) is 3.89. The number of methoxy groups -OCH3 is 1. The van der Waals surface area contributed by atoms with Crippen LogP contribution in [0, 0.1) is 0 Å². The number of aromatic amines is 2. The molecule has 0 spiro atoms. The van der Waals surface area contributed by atoms with E-state index >= 15 is 0 Å². The Morgan fingerprint density at radius 3 is 1.67 bits per heavy atom. The molecule has 0 saturated carbocycles. The van der Waals surface area contributed by atoms with Crippen LogP contribution in [0.2, 0.25) is 10.3 Å². The average molecular weight is 707 g/mol. The van der Waals surface area contributed by atoms with Crippen LogP contribution in [0.4, 0.5) is 4.79 Å². The number of aromatic nitrogens is 4. The van der Waals surface area contributed by atoms with Crippen LogP contribution in [0.5, 0.6) is 0 Å². The van der Waals surface area contributed by atoms with Crippen molar-refractivity contribution < 1.29 is 19.1 Å². The molecule has 258 valence electrons. The van der Waals surface area contributed by atoms with E-state index in [1.54, 1.807) is 11.8 Å². The molecule has 0 bridgehead atoms. The van der Waals surface area contributed by atoms with Crippen molar-refractivity contribution in [2.75, 3.05) is 7.11 Å². The van der Waals surface area contributed by atoms with Gasteiger partial charge in [-0.1, -0.05) is 78.7 Å². The molecule has 2 aromatic carbocycles. The molecule has 0 radical (unpaired) electrons. The first-order valence-electron chi connectivity index (χ1n) is 16.7. The molecular weight excluding hydrogens is 665 g/mol. The summed E-state index contributed by atoms with van der Waals surface area (Å²) in [6, 6.07) is 15.1. The van der Waals surface area contributed by atoms with Crippen molar-refractivity contribution in [2.24, 2.45) is 0 Å². The molecule has 2 aromatic heterocycles. The van der Waals surface area contributed by atoms with Crippen molar-refractivity contribution in [3.8, 4) is 33.6 Å². The highest BCUT2D eigenvalue weighted by Gasteiger charge is 2.40. The van der Waals surface area contributed by atoms with Gasteiger partial charge in [0.2, 0.25) is 11.8 Å². The summed E-state index contributed by atoms with van der Waals surface area (Å²) in [5.74, 6) is 1.24. The molecule has 49 heavy (non-hydrogen) atoms. The fourth-order valence-electron chi connectivity index (χ4n) is 7.10. The predicted molar refractivity (Wildman–Crippen MR) is 189 cm³/mol. The number of benzene rings is 2. The number of hydrogen-bond acceptors (Lipinski definition) is 6. The molecule has 4 aromatic rings. The summed E-state index contributed by atoms with van der Waals surface area (Å²) in [5, 5.41) is 3.27. The molecule has 6 rings (SSSR count). The lowest BCUT2D eigenvalue weighted by atomic mass is 10.0. The van der Waals surface area contributed by atoms with Gasteiger partial charge in [-0.2, -0.15) is 0 Å². The minimum absolute atomic E-state index is 0.0262. The quantitative estimate of drug-likeness (QED) is 0.172. The number of imidazole rings is 2. The summed E-state index contributed by atoms with van der Waals surface area (Å²) in [5.41, 5.74) is 5.22. The molecule has 13 heteroatoms. The maximum Gasteiger partial charge on any atom is 0.407 e. The number of amides is 3. The van der Waals surface area contributed by atoms with Crippen molar-refractivity contribution in [3.63, 3.8) is 0 Å².